The highest BCUT2D eigenvalue weighted by Gasteiger charge is 2.19. The third-order valence-electron chi connectivity index (χ3n) is 5.16. The first-order valence-corrected chi connectivity index (χ1v) is 10.5. The molecule has 0 bridgehead atoms. The second-order valence-electron chi connectivity index (χ2n) is 7.65. The fourth-order valence-corrected chi connectivity index (χ4v) is 3.61. The van der Waals surface area contributed by atoms with Crippen molar-refractivity contribution in [2.24, 2.45) is 0 Å². The van der Waals surface area contributed by atoms with E-state index in [1.807, 2.05) is 50.2 Å². The predicted molar refractivity (Wildman–Crippen MR) is 123 cm³/mol. The van der Waals surface area contributed by atoms with Crippen LogP contribution in [-0.2, 0) is 13.1 Å². The summed E-state index contributed by atoms with van der Waals surface area (Å²) in [5, 5.41) is 4.84. The zero-order valence-corrected chi connectivity index (χ0v) is 18.3. The van der Waals surface area contributed by atoms with Crippen molar-refractivity contribution in [3.63, 3.8) is 0 Å². The second kappa shape index (κ2) is 9.19. The van der Waals surface area contributed by atoms with Crippen LogP contribution in [-0.4, -0.2) is 16.0 Å². The number of benzene rings is 3. The fraction of sp³-hybridized carbons (Fsp3) is 0.154. The quantitative estimate of drug-likeness (QED) is 0.353. The Labute approximate surface area is 187 Å². The summed E-state index contributed by atoms with van der Waals surface area (Å²) < 4.78 is 5.63. The van der Waals surface area contributed by atoms with Gasteiger partial charge >= 0.3 is 0 Å². The number of halogens is 1. The molecule has 0 aliphatic rings. The first-order valence-electron chi connectivity index (χ1n) is 10.1. The van der Waals surface area contributed by atoms with E-state index in [2.05, 4.69) is 23.4 Å². The number of carbonyl (C=O) groups is 1. The van der Waals surface area contributed by atoms with Crippen molar-refractivity contribution in [2.45, 2.75) is 26.9 Å². The highest BCUT2D eigenvalue weighted by Crippen LogP contribution is 2.26. The van der Waals surface area contributed by atoms with Gasteiger partial charge in [-0.15, -0.1) is 0 Å². The lowest BCUT2D eigenvalue weighted by atomic mass is 10.0. The molecule has 0 atom stereocenters. The number of hydrogen-bond donors (Lipinski definition) is 0. The predicted octanol–water partition coefficient (Wildman–Crippen LogP) is 6.45. The maximum Gasteiger partial charge on any atom is 0.254 e. The van der Waals surface area contributed by atoms with Gasteiger partial charge in [-0.1, -0.05) is 64.8 Å². The molecule has 4 nitrogen and oxygen atoms in total. The summed E-state index contributed by atoms with van der Waals surface area (Å²) in [6.45, 7) is 4.90. The minimum atomic E-state index is -0.0863. The first kappa shape index (κ1) is 20.9. The van der Waals surface area contributed by atoms with Gasteiger partial charge in [0.05, 0.1) is 6.54 Å². The molecule has 1 aromatic heterocycles. The van der Waals surface area contributed by atoms with Gasteiger partial charge in [0.15, 0.2) is 5.76 Å². The Kier molecular flexibility index (Phi) is 6.19. The third-order valence-corrected chi connectivity index (χ3v) is 5.42. The van der Waals surface area contributed by atoms with Gasteiger partial charge in [-0.05, 0) is 55.3 Å². The molecule has 0 saturated carbocycles. The number of aryl methyl sites for hydroxylation is 2. The first-order chi connectivity index (χ1) is 15.0. The van der Waals surface area contributed by atoms with Gasteiger partial charge in [-0.3, -0.25) is 4.79 Å². The lowest BCUT2D eigenvalue weighted by Gasteiger charge is -2.22. The van der Waals surface area contributed by atoms with E-state index in [0.717, 1.165) is 22.3 Å². The van der Waals surface area contributed by atoms with E-state index in [4.69, 9.17) is 16.1 Å². The van der Waals surface area contributed by atoms with Crippen LogP contribution in [0.15, 0.2) is 83.4 Å². The minimum absolute atomic E-state index is 0.0863. The minimum Gasteiger partial charge on any atom is -0.356 e. The van der Waals surface area contributed by atoms with E-state index in [0.29, 0.717) is 35.1 Å². The second-order valence-corrected chi connectivity index (χ2v) is 8.09. The summed E-state index contributed by atoms with van der Waals surface area (Å²) in [7, 11) is 0. The van der Waals surface area contributed by atoms with Gasteiger partial charge in [0.1, 0.15) is 5.69 Å². The zero-order valence-electron chi connectivity index (χ0n) is 17.5. The van der Waals surface area contributed by atoms with Crippen molar-refractivity contribution in [3.8, 4) is 11.3 Å². The average Bonchev–Trinajstić information content (AvgIpc) is 3.24. The normalized spacial score (nSPS) is 10.8. The number of rotatable bonds is 6. The molecule has 5 heteroatoms. The molecule has 4 aromatic rings. The molecule has 156 valence electrons. The molecule has 4 rings (SSSR count). The molecule has 0 aliphatic heterocycles. The molecule has 1 heterocycles. The standard InChI is InChI=1S/C26H23ClN2O2/c1-18-8-9-19(2)24(14-18)25-15-23(28-31-25)17-29(16-20-6-4-3-5-7-20)26(30)21-10-12-22(27)13-11-21/h3-15H,16-17H2,1-2H3. The Bertz CT molecular complexity index is 1180. The summed E-state index contributed by atoms with van der Waals surface area (Å²) in [5.41, 5.74) is 5.61. The Morgan fingerprint density at radius 3 is 2.42 bits per heavy atom. The van der Waals surface area contributed by atoms with E-state index in [9.17, 15) is 4.79 Å². The van der Waals surface area contributed by atoms with Crippen LogP contribution in [0.4, 0.5) is 0 Å². The third kappa shape index (κ3) is 5.04. The Morgan fingerprint density at radius 1 is 0.935 bits per heavy atom. The Hall–Kier alpha value is -3.37. The summed E-state index contributed by atoms with van der Waals surface area (Å²) in [5.74, 6) is 0.617. The molecule has 0 aliphatic carbocycles. The molecule has 31 heavy (non-hydrogen) atoms. The molecule has 0 saturated heterocycles. The maximum absolute atomic E-state index is 13.3. The molecule has 0 spiro atoms. The molecular formula is C26H23ClN2O2. The van der Waals surface area contributed by atoms with E-state index in [1.54, 1.807) is 29.2 Å². The Balaban J connectivity index is 1.61. The van der Waals surface area contributed by atoms with Gasteiger partial charge in [-0.25, -0.2) is 0 Å². The number of aromatic nitrogens is 1. The van der Waals surface area contributed by atoms with Crippen molar-refractivity contribution >= 4 is 17.5 Å². The van der Waals surface area contributed by atoms with Crippen LogP contribution in [0.5, 0.6) is 0 Å². The van der Waals surface area contributed by atoms with Gasteiger partial charge < -0.3 is 9.42 Å². The summed E-state index contributed by atoms with van der Waals surface area (Å²) >= 11 is 5.99. The van der Waals surface area contributed by atoms with E-state index in [1.165, 1.54) is 0 Å². The monoisotopic (exact) mass is 430 g/mol. The lowest BCUT2D eigenvalue weighted by molar-refractivity contribution is 0.0726. The van der Waals surface area contributed by atoms with Crippen LogP contribution in [0.3, 0.4) is 0 Å². The van der Waals surface area contributed by atoms with Crippen LogP contribution in [0.1, 0.15) is 32.7 Å². The van der Waals surface area contributed by atoms with E-state index < -0.39 is 0 Å². The SMILES string of the molecule is Cc1ccc(C)c(-c2cc(CN(Cc3ccccc3)C(=O)c3ccc(Cl)cc3)no2)c1. The van der Waals surface area contributed by atoms with Crippen LogP contribution in [0, 0.1) is 13.8 Å². The molecule has 3 aromatic carbocycles. The van der Waals surface area contributed by atoms with Crippen LogP contribution < -0.4 is 0 Å². The molecule has 0 N–H and O–H groups in total. The summed E-state index contributed by atoms with van der Waals surface area (Å²) in [4.78, 5) is 15.0. The van der Waals surface area contributed by atoms with Crippen molar-refractivity contribution in [1.29, 1.82) is 0 Å². The highest BCUT2D eigenvalue weighted by molar-refractivity contribution is 6.30. The lowest BCUT2D eigenvalue weighted by Crippen LogP contribution is -2.30. The smallest absolute Gasteiger partial charge is 0.254 e. The van der Waals surface area contributed by atoms with E-state index >= 15 is 0 Å². The Morgan fingerprint density at radius 2 is 1.68 bits per heavy atom. The number of nitrogens with zero attached hydrogens (tertiary/aromatic N) is 2. The summed E-state index contributed by atoms with van der Waals surface area (Å²) in [6, 6.07) is 25.0. The van der Waals surface area contributed by atoms with E-state index in [-0.39, 0.29) is 5.91 Å². The van der Waals surface area contributed by atoms with Gasteiger partial charge in [0.2, 0.25) is 0 Å². The highest BCUT2D eigenvalue weighted by atomic mass is 35.5. The summed E-state index contributed by atoms with van der Waals surface area (Å²) in [6.07, 6.45) is 0. The van der Waals surface area contributed by atoms with Crippen molar-refractivity contribution in [2.75, 3.05) is 0 Å². The number of hydrogen-bond acceptors (Lipinski definition) is 3. The van der Waals surface area contributed by atoms with Gasteiger partial charge in [0.25, 0.3) is 5.91 Å². The number of amides is 1. The molecule has 0 unspecified atom stereocenters. The van der Waals surface area contributed by atoms with Crippen LogP contribution >= 0.6 is 11.6 Å². The molecule has 1 amide bonds. The molecule has 0 radical (unpaired) electrons. The van der Waals surface area contributed by atoms with Crippen LogP contribution in [0.2, 0.25) is 5.02 Å². The maximum atomic E-state index is 13.3. The van der Waals surface area contributed by atoms with Gasteiger partial charge in [0, 0.05) is 28.8 Å². The molecular weight excluding hydrogens is 408 g/mol. The zero-order chi connectivity index (χ0) is 21.8. The van der Waals surface area contributed by atoms with Crippen molar-refractivity contribution in [3.05, 3.63) is 112 Å². The topological polar surface area (TPSA) is 46.3 Å². The van der Waals surface area contributed by atoms with Crippen molar-refractivity contribution < 1.29 is 9.32 Å². The largest absolute Gasteiger partial charge is 0.356 e. The molecule has 0 fully saturated rings. The van der Waals surface area contributed by atoms with Crippen LogP contribution in [0.25, 0.3) is 11.3 Å². The number of carbonyl (C=O) groups excluding carboxylic acids is 1. The van der Waals surface area contributed by atoms with Crippen molar-refractivity contribution in [1.82, 2.24) is 10.1 Å². The fourth-order valence-electron chi connectivity index (χ4n) is 3.49. The van der Waals surface area contributed by atoms with Gasteiger partial charge in [-0.2, -0.15) is 0 Å². The average molecular weight is 431 g/mol.